The smallest absolute Gasteiger partial charge is 0.326 e. The zero-order valence-electron chi connectivity index (χ0n) is 33.3. The van der Waals surface area contributed by atoms with E-state index >= 15 is 0 Å². The summed E-state index contributed by atoms with van der Waals surface area (Å²) in [5.41, 5.74) is 1.78. The van der Waals surface area contributed by atoms with E-state index in [2.05, 4.69) is 26.0 Å². The van der Waals surface area contributed by atoms with Crippen LogP contribution >= 0.6 is 11.3 Å². The van der Waals surface area contributed by atoms with Crippen molar-refractivity contribution in [2.24, 2.45) is 21.9 Å². The zero-order chi connectivity index (χ0) is 42.8. The molecule has 4 heterocycles. The largest absolute Gasteiger partial charge is 0.492 e. The monoisotopic (exact) mass is 839 g/mol. The fraction of sp³-hybridized carbons (Fsp3) is 0.372. The number of thiophene rings is 1. The average molecular weight is 840 g/mol. The SMILES string of the molecule is CC(C)C[C@H]1NC(=O)c2ccccc2OCC(=NN)C=NCCOc2ccc(cc2)C[C@@H](C(=O)O)NC(=O)[C@H](Cc2csc3ccccc23)NC(=O)[C@H]2C[C@@H](O)CN2C1=O. The molecule has 3 aromatic carbocycles. The standard InChI is InChI=1S/C43H49N7O9S/c1-25(2)17-34-42(55)50-22-29(51)20-36(50)41(54)46-33(19-27-24-60-38-10-6-4-7-31(27)38)40(53)48-35(43(56)57)18-26-11-13-30(14-12-26)58-16-15-45-21-28(49-44)23-59-37-9-5-3-8-32(37)39(52)47-34/h3-14,21,24-25,29,33-36,51H,15-20,22-23,44H2,1-2H3,(H,46,54)(H,47,52)(H,48,53)(H,56,57)/t29-,33+,34-,35+,36-/m1/s1. The number of carboxylic acids is 1. The maximum Gasteiger partial charge on any atom is 0.326 e. The summed E-state index contributed by atoms with van der Waals surface area (Å²) >= 11 is 1.47. The Balaban J connectivity index is 1.33. The lowest BCUT2D eigenvalue weighted by atomic mass is 10.0. The molecule has 4 aromatic rings. The van der Waals surface area contributed by atoms with E-state index in [0.29, 0.717) is 11.3 Å². The molecular formula is C43H49N7O9S. The fourth-order valence-electron chi connectivity index (χ4n) is 7.18. The number of aliphatic imine (C=N–C) groups is 1. The third-order valence-corrected chi connectivity index (χ3v) is 11.2. The number of carbonyl (C=O) groups is 5. The van der Waals surface area contributed by atoms with E-state index in [4.69, 9.17) is 15.3 Å². The third kappa shape index (κ3) is 11.0. The number of fused-ring (bicyclic) bond motifs is 18. The molecule has 2 bridgehead atoms. The predicted molar refractivity (Wildman–Crippen MR) is 226 cm³/mol. The molecule has 5 atom stereocenters. The van der Waals surface area contributed by atoms with Crippen molar-refractivity contribution in [1.82, 2.24) is 20.9 Å². The summed E-state index contributed by atoms with van der Waals surface area (Å²) in [4.78, 5) is 74.7. The Bertz CT molecular complexity index is 2240. The normalized spacial score (nSPS) is 23.2. The Labute approximate surface area is 350 Å². The minimum absolute atomic E-state index is 0.0133. The van der Waals surface area contributed by atoms with Crippen LogP contribution in [0.4, 0.5) is 0 Å². The van der Waals surface area contributed by atoms with Gasteiger partial charge in [-0.15, -0.1) is 11.3 Å². The van der Waals surface area contributed by atoms with Gasteiger partial charge in [-0.05, 0) is 64.6 Å². The number of aliphatic hydroxyl groups is 1. The van der Waals surface area contributed by atoms with Crippen LogP contribution < -0.4 is 31.3 Å². The highest BCUT2D eigenvalue weighted by atomic mass is 32.1. The second-order valence-corrected chi connectivity index (χ2v) is 16.0. The molecule has 17 heteroatoms. The molecule has 0 saturated carbocycles. The molecule has 1 aromatic heterocycles. The number of hydrogen-bond acceptors (Lipinski definition) is 12. The van der Waals surface area contributed by atoms with Crippen molar-refractivity contribution < 1.29 is 43.7 Å². The predicted octanol–water partition coefficient (Wildman–Crippen LogP) is 2.70. The summed E-state index contributed by atoms with van der Waals surface area (Å²) in [6, 6.07) is 15.9. The topological polar surface area (TPSA) is 234 Å². The second-order valence-electron chi connectivity index (χ2n) is 15.1. The van der Waals surface area contributed by atoms with Crippen molar-refractivity contribution in [3.05, 3.63) is 94.9 Å². The van der Waals surface area contributed by atoms with Gasteiger partial charge in [0.25, 0.3) is 5.91 Å². The first kappa shape index (κ1) is 43.3. The van der Waals surface area contributed by atoms with Gasteiger partial charge in [-0.1, -0.05) is 56.3 Å². The minimum Gasteiger partial charge on any atom is -0.492 e. The molecule has 3 aliphatic rings. The Hall–Kier alpha value is -6.33. The number of carbonyl (C=O) groups excluding carboxylic acids is 4. The number of aliphatic carboxylic acids is 1. The van der Waals surface area contributed by atoms with Crippen LogP contribution in [0.1, 0.15) is 48.2 Å². The van der Waals surface area contributed by atoms with Crippen molar-refractivity contribution in [2.45, 2.75) is 69.8 Å². The van der Waals surface area contributed by atoms with E-state index in [0.717, 1.165) is 15.6 Å². The third-order valence-electron chi connectivity index (χ3n) is 10.2. The molecule has 7 N–H and O–H groups in total. The first-order valence-corrected chi connectivity index (χ1v) is 20.6. The van der Waals surface area contributed by atoms with E-state index in [9.17, 15) is 34.2 Å². The molecule has 4 amide bonds. The van der Waals surface area contributed by atoms with Gasteiger partial charge in [0.2, 0.25) is 17.7 Å². The number of aliphatic hydroxyl groups excluding tert-OH is 1. The highest BCUT2D eigenvalue weighted by Crippen LogP contribution is 2.28. The van der Waals surface area contributed by atoms with Crippen LogP contribution in [0.2, 0.25) is 0 Å². The average Bonchev–Trinajstić information content (AvgIpc) is 3.84. The number of nitrogens with zero attached hydrogens (tertiary/aromatic N) is 3. The van der Waals surface area contributed by atoms with Gasteiger partial charge in [0.15, 0.2) is 0 Å². The van der Waals surface area contributed by atoms with Crippen molar-refractivity contribution in [3.8, 4) is 11.5 Å². The van der Waals surface area contributed by atoms with Crippen LogP contribution in [0.15, 0.2) is 88.3 Å². The van der Waals surface area contributed by atoms with Crippen molar-refractivity contribution >= 4 is 62.9 Å². The maximum absolute atomic E-state index is 14.4. The number of hydrazone groups is 1. The minimum atomic E-state index is -1.36. The fourth-order valence-corrected chi connectivity index (χ4v) is 8.15. The Kier molecular flexibility index (Phi) is 14.5. The van der Waals surface area contributed by atoms with Gasteiger partial charge in [0, 0.05) is 36.7 Å². The number of amides is 4. The van der Waals surface area contributed by atoms with Crippen LogP contribution in [0, 0.1) is 5.92 Å². The summed E-state index contributed by atoms with van der Waals surface area (Å²) in [6.07, 6.45) is 0.383. The van der Waals surface area contributed by atoms with E-state index in [-0.39, 0.29) is 74.9 Å². The highest BCUT2D eigenvalue weighted by molar-refractivity contribution is 7.17. The molecule has 1 saturated heterocycles. The first-order valence-electron chi connectivity index (χ1n) is 19.7. The highest BCUT2D eigenvalue weighted by Gasteiger charge is 2.43. The number of ether oxygens (including phenoxy) is 2. The molecule has 0 unspecified atom stereocenters. The van der Waals surface area contributed by atoms with Gasteiger partial charge >= 0.3 is 5.97 Å². The van der Waals surface area contributed by atoms with E-state index in [1.807, 2.05) is 43.5 Å². The van der Waals surface area contributed by atoms with Crippen LogP contribution in [-0.2, 0) is 32.0 Å². The van der Waals surface area contributed by atoms with Gasteiger partial charge in [0.1, 0.15) is 54.6 Å². The Morgan fingerprint density at radius 1 is 0.967 bits per heavy atom. The molecule has 0 aliphatic carbocycles. The van der Waals surface area contributed by atoms with Gasteiger partial charge < -0.3 is 46.4 Å². The number of para-hydroxylation sites is 1. The lowest BCUT2D eigenvalue weighted by Crippen LogP contribution is -2.58. The summed E-state index contributed by atoms with van der Waals surface area (Å²) in [6.45, 7) is 3.89. The van der Waals surface area contributed by atoms with Crippen LogP contribution in [0.25, 0.3) is 10.1 Å². The van der Waals surface area contributed by atoms with Crippen LogP contribution in [0.5, 0.6) is 11.5 Å². The zero-order valence-corrected chi connectivity index (χ0v) is 34.1. The van der Waals surface area contributed by atoms with Crippen molar-refractivity contribution in [1.29, 1.82) is 0 Å². The number of hydrogen-bond donors (Lipinski definition) is 6. The van der Waals surface area contributed by atoms with Gasteiger partial charge in [-0.2, -0.15) is 5.10 Å². The molecule has 0 radical (unpaired) electrons. The molecule has 1 fully saturated rings. The number of nitrogens with one attached hydrogen (secondary N) is 3. The first-order chi connectivity index (χ1) is 28.9. The Morgan fingerprint density at radius 3 is 2.47 bits per heavy atom. The number of rotatable bonds is 5. The van der Waals surface area contributed by atoms with Crippen LogP contribution in [0.3, 0.4) is 0 Å². The lowest BCUT2D eigenvalue weighted by Gasteiger charge is -2.30. The maximum atomic E-state index is 14.4. The van der Waals surface area contributed by atoms with Crippen LogP contribution in [-0.4, -0.2) is 113 Å². The quantitative estimate of drug-likeness (QED) is 0.127. The molecule has 7 rings (SSSR count). The molecule has 16 nitrogen and oxygen atoms in total. The number of carboxylic acid groups (broad SMARTS) is 1. The summed E-state index contributed by atoms with van der Waals surface area (Å²) < 4.78 is 12.7. The molecule has 3 aliphatic heterocycles. The van der Waals surface area contributed by atoms with E-state index in [1.165, 1.54) is 22.5 Å². The lowest BCUT2D eigenvalue weighted by molar-refractivity contribution is -0.143. The number of benzene rings is 3. The van der Waals surface area contributed by atoms with E-state index < -0.39 is 59.9 Å². The van der Waals surface area contributed by atoms with Crippen molar-refractivity contribution in [3.63, 3.8) is 0 Å². The van der Waals surface area contributed by atoms with Gasteiger partial charge in [-0.25, -0.2) is 4.79 Å². The van der Waals surface area contributed by atoms with E-state index in [1.54, 1.807) is 48.5 Å². The molecule has 0 spiro atoms. The molecule has 316 valence electrons. The molecular weight excluding hydrogens is 791 g/mol. The second kappa shape index (κ2) is 20.1. The summed E-state index contributed by atoms with van der Waals surface area (Å²) in [7, 11) is 0. The van der Waals surface area contributed by atoms with Gasteiger partial charge in [0.05, 0.1) is 18.2 Å². The summed E-state index contributed by atoms with van der Waals surface area (Å²) in [5, 5.41) is 35.8. The number of nitrogens with two attached hydrogens (primary N) is 1. The van der Waals surface area contributed by atoms with Gasteiger partial charge in [-0.3, -0.25) is 24.2 Å². The van der Waals surface area contributed by atoms with Crippen molar-refractivity contribution in [2.75, 3.05) is 26.3 Å². The summed E-state index contributed by atoms with van der Waals surface area (Å²) in [5.74, 6) is 2.30. The Morgan fingerprint density at radius 2 is 1.72 bits per heavy atom. The molecule has 60 heavy (non-hydrogen) atoms.